The van der Waals surface area contributed by atoms with Crippen LogP contribution < -0.4 is 10.6 Å². The lowest BCUT2D eigenvalue weighted by molar-refractivity contribution is -0.268. The van der Waals surface area contributed by atoms with Gasteiger partial charge >= 0.3 is 12.0 Å². The van der Waals surface area contributed by atoms with E-state index in [1.807, 2.05) is 73.7 Å². The van der Waals surface area contributed by atoms with Gasteiger partial charge in [0.25, 0.3) is 0 Å². The van der Waals surface area contributed by atoms with Crippen LogP contribution in [0.1, 0.15) is 46.6 Å². The van der Waals surface area contributed by atoms with Crippen LogP contribution in [0, 0.1) is 12.8 Å². The number of carbonyl (C=O) groups excluding carboxylic acids is 2. The molecule has 2 amide bonds. The van der Waals surface area contributed by atoms with Crippen molar-refractivity contribution in [2.45, 2.75) is 55.8 Å². The predicted molar refractivity (Wildman–Crippen MR) is 173 cm³/mol. The summed E-state index contributed by atoms with van der Waals surface area (Å²) in [7, 11) is 1.29. The van der Waals surface area contributed by atoms with Gasteiger partial charge in [-0.15, -0.1) is 10.2 Å². The monoisotopic (exact) mass is 648 g/mol. The van der Waals surface area contributed by atoms with Gasteiger partial charge in [0, 0.05) is 29.3 Å². The number of aromatic nitrogens is 2. The number of amides is 2. The maximum atomic E-state index is 13.0. The van der Waals surface area contributed by atoms with Gasteiger partial charge in [0.2, 0.25) is 0 Å². The molecule has 0 spiro atoms. The second kappa shape index (κ2) is 15.5. The van der Waals surface area contributed by atoms with E-state index in [0.29, 0.717) is 17.9 Å². The van der Waals surface area contributed by atoms with Crippen LogP contribution in [0.5, 0.6) is 0 Å². The van der Waals surface area contributed by atoms with E-state index in [4.69, 9.17) is 14.2 Å². The van der Waals surface area contributed by atoms with Crippen LogP contribution in [0.2, 0.25) is 0 Å². The van der Waals surface area contributed by atoms with E-state index >= 15 is 0 Å². The first-order chi connectivity index (χ1) is 21.8. The molecule has 3 N–H and O–H groups in total. The minimum absolute atomic E-state index is 0.00898. The number of nitrogens with zero attached hydrogens (tertiary/aromatic N) is 2. The maximum absolute atomic E-state index is 13.0. The normalized spacial score (nSPS) is 20.3. The van der Waals surface area contributed by atoms with E-state index in [-0.39, 0.29) is 24.7 Å². The third kappa shape index (κ3) is 8.68. The number of urea groups is 1. The number of methoxy groups -OCH3 is 1. The molecule has 1 aliphatic heterocycles. The SMILES string of the molecule is COC(=O)C(Cc1ccccc1)NC(=O)Nc1cccc(C2OC(CSc3nnc(C)s3)C(C)C(c3ccc(CO)cc3)O2)c1. The Morgan fingerprint density at radius 1 is 1.00 bits per heavy atom. The van der Waals surface area contributed by atoms with Crippen molar-refractivity contribution < 1.29 is 28.9 Å². The van der Waals surface area contributed by atoms with E-state index in [2.05, 4.69) is 27.8 Å². The van der Waals surface area contributed by atoms with Crippen molar-refractivity contribution in [1.29, 1.82) is 0 Å². The summed E-state index contributed by atoms with van der Waals surface area (Å²) >= 11 is 3.15. The second-order valence-corrected chi connectivity index (χ2v) is 13.2. The van der Waals surface area contributed by atoms with Gasteiger partial charge in [0.05, 0.1) is 25.9 Å². The number of esters is 1. The smallest absolute Gasteiger partial charge is 0.328 e. The molecule has 4 aromatic rings. The van der Waals surface area contributed by atoms with E-state index in [0.717, 1.165) is 31.6 Å². The van der Waals surface area contributed by atoms with Crippen LogP contribution in [-0.4, -0.2) is 52.3 Å². The molecule has 0 bridgehead atoms. The fourth-order valence-electron chi connectivity index (χ4n) is 5.07. The molecule has 3 aromatic carbocycles. The number of hydrogen-bond donors (Lipinski definition) is 3. The summed E-state index contributed by atoms with van der Waals surface area (Å²) in [5, 5.41) is 24.4. The zero-order valence-electron chi connectivity index (χ0n) is 25.2. The van der Waals surface area contributed by atoms with Gasteiger partial charge in [0.1, 0.15) is 11.0 Å². The first-order valence-corrected chi connectivity index (χ1v) is 16.4. The average molecular weight is 649 g/mol. The Morgan fingerprint density at radius 3 is 2.47 bits per heavy atom. The Hall–Kier alpha value is -3.81. The molecule has 1 aromatic heterocycles. The van der Waals surface area contributed by atoms with Gasteiger partial charge < -0.3 is 30.0 Å². The van der Waals surface area contributed by atoms with Crippen molar-refractivity contribution in [2.24, 2.45) is 5.92 Å². The fraction of sp³-hybridized carbons (Fsp3) is 0.333. The summed E-state index contributed by atoms with van der Waals surface area (Å²) in [6, 6.07) is 23.0. The lowest BCUT2D eigenvalue weighted by Crippen LogP contribution is -2.45. The summed E-state index contributed by atoms with van der Waals surface area (Å²) in [6.45, 7) is 4.00. The first-order valence-electron chi connectivity index (χ1n) is 14.6. The van der Waals surface area contributed by atoms with E-state index in [1.165, 1.54) is 7.11 Å². The lowest BCUT2D eigenvalue weighted by atomic mass is 9.91. The van der Waals surface area contributed by atoms with Crippen LogP contribution in [0.25, 0.3) is 0 Å². The zero-order chi connectivity index (χ0) is 31.8. The lowest BCUT2D eigenvalue weighted by Gasteiger charge is -2.41. The molecule has 1 aliphatic rings. The molecule has 45 heavy (non-hydrogen) atoms. The molecule has 5 rings (SSSR count). The maximum Gasteiger partial charge on any atom is 0.328 e. The van der Waals surface area contributed by atoms with Crippen LogP contribution in [0.3, 0.4) is 0 Å². The molecule has 12 heteroatoms. The molecular weight excluding hydrogens is 613 g/mol. The summed E-state index contributed by atoms with van der Waals surface area (Å²) < 4.78 is 18.9. The number of thioether (sulfide) groups is 1. The van der Waals surface area contributed by atoms with E-state index < -0.39 is 24.3 Å². The zero-order valence-corrected chi connectivity index (χ0v) is 26.8. The summed E-state index contributed by atoms with van der Waals surface area (Å²) in [4.78, 5) is 25.4. The first kappa shape index (κ1) is 32.6. The Bertz CT molecular complexity index is 1570. The number of aliphatic hydroxyl groups is 1. The van der Waals surface area contributed by atoms with E-state index in [9.17, 15) is 14.7 Å². The number of nitrogens with one attached hydrogen (secondary N) is 2. The highest BCUT2D eigenvalue weighted by molar-refractivity contribution is 8.01. The number of aryl methyl sites for hydroxylation is 1. The molecule has 1 saturated heterocycles. The third-order valence-electron chi connectivity index (χ3n) is 7.49. The molecule has 5 atom stereocenters. The molecule has 0 aliphatic carbocycles. The highest BCUT2D eigenvalue weighted by Gasteiger charge is 2.38. The summed E-state index contributed by atoms with van der Waals surface area (Å²) in [5.74, 6) is 0.124. The fourth-order valence-corrected chi connectivity index (χ4v) is 7.08. The molecule has 0 saturated carbocycles. The quantitative estimate of drug-likeness (QED) is 0.136. The van der Waals surface area contributed by atoms with Crippen LogP contribution in [-0.2, 0) is 32.0 Å². The number of benzene rings is 3. The van der Waals surface area contributed by atoms with Gasteiger partial charge in [-0.3, -0.25) is 0 Å². The van der Waals surface area contributed by atoms with E-state index in [1.54, 1.807) is 35.2 Å². The molecule has 2 heterocycles. The van der Waals surface area contributed by atoms with Crippen molar-refractivity contribution in [3.05, 3.63) is 106 Å². The van der Waals surface area contributed by atoms with Gasteiger partial charge in [-0.05, 0) is 35.7 Å². The Labute approximate surface area is 270 Å². The summed E-state index contributed by atoms with van der Waals surface area (Å²) in [5.41, 5.74) is 3.94. The van der Waals surface area contributed by atoms with Crippen molar-refractivity contribution in [2.75, 3.05) is 18.2 Å². The number of carbonyl (C=O) groups is 2. The second-order valence-electron chi connectivity index (χ2n) is 10.7. The molecule has 1 fully saturated rings. The van der Waals surface area contributed by atoms with Gasteiger partial charge in [-0.2, -0.15) is 0 Å². The van der Waals surface area contributed by atoms with Crippen molar-refractivity contribution in [3.8, 4) is 0 Å². The average Bonchev–Trinajstić information content (AvgIpc) is 3.49. The Kier molecular flexibility index (Phi) is 11.2. The van der Waals surface area contributed by atoms with Gasteiger partial charge in [0.15, 0.2) is 10.6 Å². The topological polar surface area (TPSA) is 132 Å². The number of anilines is 1. The largest absolute Gasteiger partial charge is 0.467 e. The van der Waals surface area contributed by atoms with Crippen LogP contribution in [0.15, 0.2) is 83.2 Å². The van der Waals surface area contributed by atoms with Crippen molar-refractivity contribution in [1.82, 2.24) is 15.5 Å². The Morgan fingerprint density at radius 2 is 1.78 bits per heavy atom. The number of ether oxygens (including phenoxy) is 3. The van der Waals surface area contributed by atoms with Gasteiger partial charge in [-0.1, -0.05) is 96.8 Å². The van der Waals surface area contributed by atoms with Crippen molar-refractivity contribution >= 4 is 40.8 Å². The highest BCUT2D eigenvalue weighted by atomic mass is 32.2. The Balaban J connectivity index is 1.32. The minimum atomic E-state index is -0.861. The minimum Gasteiger partial charge on any atom is -0.467 e. The molecule has 0 radical (unpaired) electrons. The number of aliphatic hydroxyl groups excluding tert-OH is 1. The van der Waals surface area contributed by atoms with Crippen LogP contribution in [0.4, 0.5) is 10.5 Å². The predicted octanol–water partition coefficient (Wildman–Crippen LogP) is 5.83. The molecule has 10 nitrogen and oxygen atoms in total. The summed E-state index contributed by atoms with van der Waals surface area (Å²) in [6.07, 6.45) is -0.882. The highest BCUT2D eigenvalue weighted by Crippen LogP contribution is 2.43. The van der Waals surface area contributed by atoms with Gasteiger partial charge in [-0.25, -0.2) is 9.59 Å². The number of rotatable bonds is 11. The number of hydrogen-bond acceptors (Lipinski definition) is 10. The van der Waals surface area contributed by atoms with Crippen LogP contribution >= 0.6 is 23.1 Å². The molecule has 236 valence electrons. The third-order valence-corrected chi connectivity index (χ3v) is 9.55. The molecule has 5 unspecified atom stereocenters. The standard InChI is InChI=1S/C33H36N4O6S2/c1-20-28(19-44-33-37-36-21(2)45-33)42-31(43-29(20)24-14-12-23(18-38)13-15-24)25-10-7-11-26(17-25)34-32(40)35-27(30(39)41-3)16-22-8-5-4-6-9-22/h4-15,17,20,27-29,31,38H,16,18-19H2,1-3H3,(H2,34,35,40). The molecular formula is C33H36N4O6S2. The van der Waals surface area contributed by atoms with Crippen molar-refractivity contribution in [3.63, 3.8) is 0 Å².